The second-order valence-electron chi connectivity index (χ2n) is 6.73. The summed E-state index contributed by atoms with van der Waals surface area (Å²) >= 11 is 0. The van der Waals surface area contributed by atoms with Gasteiger partial charge in [0.1, 0.15) is 11.9 Å². The number of sulfonamides is 1. The number of benzene rings is 1. The number of nitrogens with zero attached hydrogens (tertiary/aromatic N) is 1. The van der Waals surface area contributed by atoms with Crippen molar-refractivity contribution >= 4 is 22.1 Å². The van der Waals surface area contributed by atoms with Crippen molar-refractivity contribution < 1.29 is 32.2 Å². The fourth-order valence-electron chi connectivity index (χ4n) is 3.00. The van der Waals surface area contributed by atoms with Crippen molar-refractivity contribution in [2.75, 3.05) is 7.11 Å². The van der Waals surface area contributed by atoms with Gasteiger partial charge in [0.15, 0.2) is 0 Å². The van der Waals surface area contributed by atoms with Crippen LogP contribution in [-0.4, -0.2) is 38.7 Å². The molecule has 1 saturated carbocycles. The Balaban J connectivity index is 1.58. The Morgan fingerprint density at radius 2 is 1.73 bits per heavy atom. The standard InChI is InChI=1S/C20H22N2O7S/c1-27-15-8-10-17(11-9-15)30(25,26)22-19(23)14-7-12-18(21-13-14)29-20(24)28-16-5-3-2-4-6-16/h7-13,16H,2-6H2,1H3,(H,22,23). The van der Waals surface area contributed by atoms with Crippen LogP contribution >= 0.6 is 0 Å². The number of methoxy groups -OCH3 is 1. The first kappa shape index (κ1) is 21.6. The summed E-state index contributed by atoms with van der Waals surface area (Å²) in [7, 11) is -2.61. The highest BCUT2D eigenvalue weighted by molar-refractivity contribution is 7.90. The minimum atomic E-state index is -4.07. The third-order valence-electron chi connectivity index (χ3n) is 4.60. The number of ether oxygens (including phenoxy) is 3. The van der Waals surface area contributed by atoms with Crippen molar-refractivity contribution in [3.05, 3.63) is 48.2 Å². The van der Waals surface area contributed by atoms with Crippen LogP contribution in [0.5, 0.6) is 11.6 Å². The number of aromatic nitrogens is 1. The van der Waals surface area contributed by atoms with Crippen LogP contribution < -0.4 is 14.2 Å². The van der Waals surface area contributed by atoms with E-state index in [1.54, 1.807) is 0 Å². The lowest BCUT2D eigenvalue weighted by molar-refractivity contribution is 0.0407. The Morgan fingerprint density at radius 3 is 2.33 bits per heavy atom. The predicted octanol–water partition coefficient (Wildman–Crippen LogP) is 3.06. The van der Waals surface area contributed by atoms with Gasteiger partial charge in [0.05, 0.1) is 17.6 Å². The second-order valence-corrected chi connectivity index (χ2v) is 8.41. The van der Waals surface area contributed by atoms with E-state index in [4.69, 9.17) is 14.2 Å². The lowest BCUT2D eigenvalue weighted by atomic mass is 9.98. The van der Waals surface area contributed by atoms with E-state index in [2.05, 4.69) is 4.98 Å². The summed E-state index contributed by atoms with van der Waals surface area (Å²) < 4.78 is 41.9. The molecule has 0 spiro atoms. The number of amides is 1. The fraction of sp³-hybridized carbons (Fsp3) is 0.350. The van der Waals surface area contributed by atoms with Gasteiger partial charge in [0.25, 0.3) is 15.9 Å². The van der Waals surface area contributed by atoms with Crippen molar-refractivity contribution in [2.45, 2.75) is 43.1 Å². The third kappa shape index (κ3) is 5.69. The maximum Gasteiger partial charge on any atom is 0.515 e. The minimum absolute atomic E-state index is 0.0138. The first-order chi connectivity index (χ1) is 14.4. The second kappa shape index (κ2) is 9.57. The number of carbonyl (C=O) groups is 2. The molecule has 0 radical (unpaired) electrons. The summed E-state index contributed by atoms with van der Waals surface area (Å²) in [5, 5.41) is 0. The molecule has 2 aromatic rings. The smallest absolute Gasteiger partial charge is 0.497 e. The molecule has 9 nitrogen and oxygen atoms in total. The van der Waals surface area contributed by atoms with Gasteiger partial charge >= 0.3 is 6.16 Å². The molecule has 1 fully saturated rings. The number of hydrogen-bond donors (Lipinski definition) is 1. The topological polar surface area (TPSA) is 121 Å². The molecular formula is C20H22N2O7S. The van der Waals surface area contributed by atoms with Gasteiger partial charge in [0.2, 0.25) is 5.88 Å². The highest BCUT2D eigenvalue weighted by atomic mass is 32.2. The average molecular weight is 434 g/mol. The summed E-state index contributed by atoms with van der Waals surface area (Å²) in [5.74, 6) is -0.429. The Labute approximate surface area is 174 Å². The van der Waals surface area contributed by atoms with Gasteiger partial charge in [-0.15, -0.1) is 0 Å². The molecule has 1 aromatic heterocycles. The van der Waals surface area contributed by atoms with Crippen LogP contribution in [0.1, 0.15) is 42.5 Å². The summed E-state index contributed by atoms with van der Waals surface area (Å²) in [5.41, 5.74) is -0.0138. The zero-order valence-electron chi connectivity index (χ0n) is 16.4. The third-order valence-corrected chi connectivity index (χ3v) is 5.95. The Bertz CT molecular complexity index is 983. The Morgan fingerprint density at radius 1 is 1.03 bits per heavy atom. The van der Waals surface area contributed by atoms with Crippen LogP contribution in [-0.2, 0) is 14.8 Å². The Hall–Kier alpha value is -3.14. The van der Waals surface area contributed by atoms with Crippen molar-refractivity contribution in [2.24, 2.45) is 0 Å². The summed E-state index contributed by atoms with van der Waals surface area (Å²) in [6.45, 7) is 0. The first-order valence-electron chi connectivity index (χ1n) is 9.43. The van der Waals surface area contributed by atoms with Crippen molar-refractivity contribution in [1.82, 2.24) is 9.71 Å². The van der Waals surface area contributed by atoms with Gasteiger partial charge in [-0.1, -0.05) is 6.42 Å². The summed E-state index contributed by atoms with van der Waals surface area (Å²) in [6, 6.07) is 8.17. The number of carbonyl (C=O) groups excluding carboxylic acids is 2. The molecule has 3 rings (SSSR count). The van der Waals surface area contributed by atoms with Crippen molar-refractivity contribution in [3.8, 4) is 11.6 Å². The highest BCUT2D eigenvalue weighted by Gasteiger charge is 2.21. The maximum atomic E-state index is 12.3. The largest absolute Gasteiger partial charge is 0.515 e. The summed E-state index contributed by atoms with van der Waals surface area (Å²) in [6.07, 6.45) is 4.89. The van der Waals surface area contributed by atoms with Gasteiger partial charge in [-0.25, -0.2) is 22.9 Å². The molecule has 1 heterocycles. The van der Waals surface area contributed by atoms with E-state index in [0.29, 0.717) is 5.75 Å². The molecule has 1 amide bonds. The van der Waals surface area contributed by atoms with E-state index in [1.807, 2.05) is 4.72 Å². The molecule has 0 saturated heterocycles. The van der Waals surface area contributed by atoms with Gasteiger partial charge < -0.3 is 14.2 Å². The SMILES string of the molecule is COc1ccc(S(=O)(=O)NC(=O)c2ccc(OC(=O)OC3CCCCC3)nc2)cc1. The number of rotatable bonds is 6. The molecule has 160 valence electrons. The van der Waals surface area contributed by atoms with E-state index in [-0.39, 0.29) is 22.4 Å². The van der Waals surface area contributed by atoms with Gasteiger partial charge in [0, 0.05) is 12.3 Å². The average Bonchev–Trinajstić information content (AvgIpc) is 2.74. The molecule has 10 heteroatoms. The zero-order valence-corrected chi connectivity index (χ0v) is 17.2. The van der Waals surface area contributed by atoms with E-state index in [9.17, 15) is 18.0 Å². The van der Waals surface area contributed by atoms with E-state index < -0.39 is 22.1 Å². The lowest BCUT2D eigenvalue weighted by Gasteiger charge is -2.20. The normalized spacial score (nSPS) is 14.6. The minimum Gasteiger partial charge on any atom is -0.497 e. The van der Waals surface area contributed by atoms with E-state index in [1.165, 1.54) is 43.5 Å². The zero-order chi connectivity index (χ0) is 21.6. The number of pyridine rings is 1. The van der Waals surface area contributed by atoms with Gasteiger partial charge in [-0.2, -0.15) is 0 Å². The quantitative estimate of drug-likeness (QED) is 0.689. The van der Waals surface area contributed by atoms with Crippen LogP contribution in [0.25, 0.3) is 0 Å². The van der Waals surface area contributed by atoms with Crippen molar-refractivity contribution in [3.63, 3.8) is 0 Å². The molecule has 0 aliphatic heterocycles. The van der Waals surface area contributed by atoms with Crippen LogP contribution in [0.4, 0.5) is 4.79 Å². The molecule has 1 N–H and O–H groups in total. The molecule has 1 aliphatic carbocycles. The fourth-order valence-corrected chi connectivity index (χ4v) is 3.97. The molecule has 0 unspecified atom stereocenters. The highest BCUT2D eigenvalue weighted by Crippen LogP contribution is 2.21. The van der Waals surface area contributed by atoms with Crippen LogP contribution in [0.3, 0.4) is 0 Å². The molecule has 0 atom stereocenters. The monoisotopic (exact) mass is 434 g/mol. The Kier molecular flexibility index (Phi) is 6.88. The number of hydrogen-bond acceptors (Lipinski definition) is 8. The molecular weight excluding hydrogens is 412 g/mol. The van der Waals surface area contributed by atoms with Gasteiger partial charge in [-0.05, 0) is 56.0 Å². The predicted molar refractivity (Wildman–Crippen MR) is 106 cm³/mol. The number of nitrogens with one attached hydrogen (secondary N) is 1. The van der Waals surface area contributed by atoms with Crippen LogP contribution in [0.2, 0.25) is 0 Å². The van der Waals surface area contributed by atoms with Crippen molar-refractivity contribution in [1.29, 1.82) is 0 Å². The van der Waals surface area contributed by atoms with Gasteiger partial charge in [-0.3, -0.25) is 4.79 Å². The summed E-state index contributed by atoms with van der Waals surface area (Å²) in [4.78, 5) is 27.9. The van der Waals surface area contributed by atoms with E-state index in [0.717, 1.165) is 38.3 Å². The van der Waals surface area contributed by atoms with E-state index >= 15 is 0 Å². The maximum absolute atomic E-state index is 12.3. The molecule has 0 bridgehead atoms. The lowest BCUT2D eigenvalue weighted by Crippen LogP contribution is -2.30. The molecule has 1 aliphatic rings. The van der Waals surface area contributed by atoms with Crippen LogP contribution in [0.15, 0.2) is 47.5 Å². The molecule has 1 aromatic carbocycles. The first-order valence-corrected chi connectivity index (χ1v) is 10.9. The molecule has 30 heavy (non-hydrogen) atoms. The van der Waals surface area contributed by atoms with Crippen LogP contribution in [0, 0.1) is 0 Å².